The van der Waals surface area contributed by atoms with E-state index in [1.54, 1.807) is 12.1 Å². The Morgan fingerprint density at radius 3 is 2.20 bits per heavy atom. The number of rotatable bonds is 11. The lowest BCUT2D eigenvalue weighted by Gasteiger charge is -2.09. The van der Waals surface area contributed by atoms with Crippen LogP contribution in [0, 0.1) is 6.92 Å². The van der Waals surface area contributed by atoms with Gasteiger partial charge < -0.3 is 10.6 Å². The second-order valence-corrected chi connectivity index (χ2v) is 7.59. The molecule has 0 aliphatic rings. The largest absolute Gasteiger partial charge is 0.355 e. The van der Waals surface area contributed by atoms with Crippen LogP contribution in [-0.4, -0.2) is 39.9 Å². The highest BCUT2D eigenvalue weighted by atomic mass is 32.2. The van der Waals surface area contributed by atoms with E-state index in [9.17, 15) is 18.0 Å². The maximum Gasteiger partial charge on any atom is 0.241 e. The van der Waals surface area contributed by atoms with Crippen LogP contribution in [0.5, 0.6) is 0 Å². The summed E-state index contributed by atoms with van der Waals surface area (Å²) in [5, 5.41) is 5.10. The first kappa shape index (κ1) is 21.1. The highest BCUT2D eigenvalue weighted by Gasteiger charge is 2.15. The van der Waals surface area contributed by atoms with Crippen LogP contribution in [0.2, 0.25) is 0 Å². The van der Waals surface area contributed by atoms with Gasteiger partial charge in [-0.2, -0.15) is 0 Å². The molecule has 0 fully saturated rings. The minimum Gasteiger partial charge on any atom is -0.355 e. The first-order chi connectivity index (χ1) is 11.8. The quantitative estimate of drug-likeness (QED) is 0.508. The van der Waals surface area contributed by atoms with Gasteiger partial charge >= 0.3 is 0 Å². The first-order valence-electron chi connectivity index (χ1n) is 8.45. The Hall–Kier alpha value is -1.93. The Balaban J connectivity index is 2.28. The molecule has 0 saturated heterocycles. The van der Waals surface area contributed by atoms with Gasteiger partial charge in [0.05, 0.1) is 18.0 Å². The molecule has 3 N–H and O–H groups in total. The standard InChI is InChI=1S/C17H27N3O4S/c1-3-4-5-6-11-18-16(21)12-19-17(22)13-20-25(23,24)15-9-7-14(2)8-10-15/h7-10,20H,3-6,11-13H2,1-2H3,(H,18,21)(H,19,22). The topological polar surface area (TPSA) is 104 Å². The molecule has 1 aromatic rings. The maximum absolute atomic E-state index is 12.0. The lowest BCUT2D eigenvalue weighted by Crippen LogP contribution is -2.42. The van der Waals surface area contributed by atoms with E-state index >= 15 is 0 Å². The molecule has 0 atom stereocenters. The van der Waals surface area contributed by atoms with Crippen molar-refractivity contribution in [3.05, 3.63) is 29.8 Å². The van der Waals surface area contributed by atoms with E-state index < -0.39 is 22.5 Å². The first-order valence-corrected chi connectivity index (χ1v) is 9.93. The van der Waals surface area contributed by atoms with Crippen molar-refractivity contribution in [1.29, 1.82) is 0 Å². The fraction of sp³-hybridized carbons (Fsp3) is 0.529. The third-order valence-corrected chi connectivity index (χ3v) is 4.97. The maximum atomic E-state index is 12.0. The third kappa shape index (κ3) is 8.64. The molecule has 0 heterocycles. The van der Waals surface area contributed by atoms with Crippen LogP contribution in [0.3, 0.4) is 0 Å². The Morgan fingerprint density at radius 1 is 0.920 bits per heavy atom. The number of carbonyl (C=O) groups is 2. The number of unbranched alkanes of at least 4 members (excludes halogenated alkanes) is 3. The molecule has 25 heavy (non-hydrogen) atoms. The summed E-state index contributed by atoms with van der Waals surface area (Å²) in [6.45, 7) is 3.96. The SMILES string of the molecule is CCCCCCNC(=O)CNC(=O)CNS(=O)(=O)c1ccc(C)cc1. The zero-order valence-electron chi connectivity index (χ0n) is 14.8. The molecule has 140 valence electrons. The Bertz CT molecular complexity index is 657. The van der Waals surface area contributed by atoms with Gasteiger partial charge in [-0.25, -0.2) is 13.1 Å². The highest BCUT2D eigenvalue weighted by Crippen LogP contribution is 2.09. The van der Waals surface area contributed by atoms with Gasteiger partial charge in [-0.3, -0.25) is 9.59 Å². The van der Waals surface area contributed by atoms with E-state index in [0.717, 1.165) is 31.2 Å². The smallest absolute Gasteiger partial charge is 0.241 e. The van der Waals surface area contributed by atoms with Gasteiger partial charge in [0, 0.05) is 6.54 Å². The summed E-state index contributed by atoms with van der Waals surface area (Å²) in [6, 6.07) is 6.31. The zero-order valence-corrected chi connectivity index (χ0v) is 15.6. The Morgan fingerprint density at radius 2 is 1.56 bits per heavy atom. The summed E-state index contributed by atoms with van der Waals surface area (Å²) in [6.07, 6.45) is 4.23. The molecule has 0 unspecified atom stereocenters. The molecule has 1 rings (SSSR count). The van der Waals surface area contributed by atoms with Crippen molar-refractivity contribution in [3.8, 4) is 0 Å². The minimum absolute atomic E-state index is 0.0933. The van der Waals surface area contributed by atoms with Crippen molar-refractivity contribution < 1.29 is 18.0 Å². The van der Waals surface area contributed by atoms with Crippen LogP contribution in [0.15, 0.2) is 29.2 Å². The molecule has 0 aliphatic heterocycles. The molecule has 7 nitrogen and oxygen atoms in total. The lowest BCUT2D eigenvalue weighted by molar-refractivity contribution is -0.125. The summed E-state index contributed by atoms with van der Waals surface area (Å²) in [5.41, 5.74) is 0.942. The van der Waals surface area contributed by atoms with E-state index in [0.29, 0.717) is 6.54 Å². The molecule has 2 amide bonds. The van der Waals surface area contributed by atoms with Crippen molar-refractivity contribution in [2.45, 2.75) is 44.4 Å². The molecule has 0 aromatic heterocycles. The van der Waals surface area contributed by atoms with Crippen molar-refractivity contribution in [2.24, 2.45) is 0 Å². The van der Waals surface area contributed by atoms with Crippen molar-refractivity contribution in [3.63, 3.8) is 0 Å². The van der Waals surface area contributed by atoms with Gasteiger partial charge in [0.25, 0.3) is 0 Å². The number of hydrogen-bond acceptors (Lipinski definition) is 4. The van der Waals surface area contributed by atoms with Crippen LogP contribution in [0.4, 0.5) is 0 Å². The fourth-order valence-corrected chi connectivity index (χ4v) is 3.03. The summed E-state index contributed by atoms with van der Waals surface area (Å²) in [4.78, 5) is 23.3. The predicted octanol–water partition coefficient (Wildman–Crippen LogP) is 1.09. The van der Waals surface area contributed by atoms with E-state index in [2.05, 4.69) is 22.3 Å². The fourth-order valence-electron chi connectivity index (χ4n) is 2.04. The van der Waals surface area contributed by atoms with Crippen molar-refractivity contribution in [2.75, 3.05) is 19.6 Å². The number of amides is 2. The van der Waals surface area contributed by atoms with Gasteiger partial charge in [-0.1, -0.05) is 43.9 Å². The second kappa shape index (κ2) is 10.8. The van der Waals surface area contributed by atoms with Crippen LogP contribution in [-0.2, 0) is 19.6 Å². The number of carbonyl (C=O) groups excluding carboxylic acids is 2. The zero-order chi connectivity index (χ0) is 18.7. The molecule has 0 aliphatic carbocycles. The molecule has 1 aromatic carbocycles. The Kier molecular flexibility index (Phi) is 9.15. The highest BCUT2D eigenvalue weighted by molar-refractivity contribution is 7.89. The number of benzene rings is 1. The van der Waals surface area contributed by atoms with Crippen LogP contribution >= 0.6 is 0 Å². The summed E-state index contributed by atoms with van der Waals surface area (Å²) in [5.74, 6) is -0.844. The molecule has 0 bridgehead atoms. The van der Waals surface area contributed by atoms with Gasteiger partial charge in [-0.15, -0.1) is 0 Å². The molecule has 8 heteroatoms. The summed E-state index contributed by atoms with van der Waals surface area (Å²) < 4.78 is 26.3. The van der Waals surface area contributed by atoms with E-state index in [1.807, 2.05) is 6.92 Å². The average Bonchev–Trinajstić information content (AvgIpc) is 2.58. The van der Waals surface area contributed by atoms with E-state index in [-0.39, 0.29) is 17.3 Å². The molecule has 0 radical (unpaired) electrons. The number of sulfonamides is 1. The molecule has 0 saturated carbocycles. The van der Waals surface area contributed by atoms with E-state index in [4.69, 9.17) is 0 Å². The lowest BCUT2D eigenvalue weighted by atomic mass is 10.2. The van der Waals surface area contributed by atoms with Crippen LogP contribution < -0.4 is 15.4 Å². The van der Waals surface area contributed by atoms with Crippen molar-refractivity contribution in [1.82, 2.24) is 15.4 Å². The third-order valence-electron chi connectivity index (χ3n) is 3.55. The van der Waals surface area contributed by atoms with Crippen LogP contribution in [0.1, 0.15) is 38.2 Å². The van der Waals surface area contributed by atoms with Gasteiger partial charge in [-0.05, 0) is 25.5 Å². The Labute approximate surface area is 149 Å². The van der Waals surface area contributed by atoms with Crippen molar-refractivity contribution >= 4 is 21.8 Å². The molecule has 0 spiro atoms. The predicted molar refractivity (Wildman–Crippen MR) is 96.5 cm³/mol. The van der Waals surface area contributed by atoms with Gasteiger partial charge in [0.2, 0.25) is 21.8 Å². The number of hydrogen-bond donors (Lipinski definition) is 3. The normalized spacial score (nSPS) is 11.1. The molecular formula is C17H27N3O4S. The monoisotopic (exact) mass is 369 g/mol. The average molecular weight is 369 g/mol. The summed E-state index contributed by atoms with van der Waals surface area (Å²) >= 11 is 0. The van der Waals surface area contributed by atoms with Crippen LogP contribution in [0.25, 0.3) is 0 Å². The number of nitrogens with one attached hydrogen (secondary N) is 3. The second-order valence-electron chi connectivity index (χ2n) is 5.82. The summed E-state index contributed by atoms with van der Waals surface area (Å²) in [7, 11) is -3.75. The van der Waals surface area contributed by atoms with Gasteiger partial charge in [0.15, 0.2) is 0 Å². The van der Waals surface area contributed by atoms with E-state index in [1.165, 1.54) is 12.1 Å². The molecular weight excluding hydrogens is 342 g/mol. The minimum atomic E-state index is -3.75. The number of aryl methyl sites for hydroxylation is 1. The van der Waals surface area contributed by atoms with Gasteiger partial charge in [0.1, 0.15) is 0 Å².